The van der Waals surface area contributed by atoms with Gasteiger partial charge >= 0.3 is 0 Å². The summed E-state index contributed by atoms with van der Waals surface area (Å²) in [6.45, 7) is 4.94. The highest BCUT2D eigenvalue weighted by Gasteiger charge is 2.33. The van der Waals surface area contributed by atoms with Gasteiger partial charge in [0.05, 0.1) is 0 Å². The number of nitrogens with zero attached hydrogens (tertiary/aromatic N) is 1. The molecule has 0 spiro atoms. The van der Waals surface area contributed by atoms with Gasteiger partial charge in [0.2, 0.25) is 0 Å². The quantitative estimate of drug-likeness (QED) is 0.814. The van der Waals surface area contributed by atoms with Crippen LogP contribution in [0.1, 0.15) is 24.0 Å². The summed E-state index contributed by atoms with van der Waals surface area (Å²) in [5, 5.41) is 3.58. The first-order chi connectivity index (χ1) is 7.88. The molecular formula is C14H16N2. The number of allylic oxidation sites excluding steroid dienone is 1. The Labute approximate surface area is 96.1 Å². The molecular weight excluding hydrogens is 196 g/mol. The van der Waals surface area contributed by atoms with E-state index in [9.17, 15) is 0 Å². The SMILES string of the molecule is C=Cc1cncc(C2=CC[C@@H]3CCN[C@H]23)c1. The summed E-state index contributed by atoms with van der Waals surface area (Å²) in [6.07, 6.45) is 10.5. The van der Waals surface area contributed by atoms with Crippen molar-refractivity contribution < 1.29 is 0 Å². The van der Waals surface area contributed by atoms with Gasteiger partial charge in [-0.25, -0.2) is 0 Å². The number of pyridine rings is 1. The summed E-state index contributed by atoms with van der Waals surface area (Å²) in [5.41, 5.74) is 3.78. The first-order valence-corrected chi connectivity index (χ1v) is 5.90. The lowest BCUT2D eigenvalue weighted by Gasteiger charge is -2.15. The van der Waals surface area contributed by atoms with Crippen LogP contribution in [-0.2, 0) is 0 Å². The van der Waals surface area contributed by atoms with Crippen molar-refractivity contribution in [3.63, 3.8) is 0 Å². The average molecular weight is 212 g/mol. The molecule has 0 bridgehead atoms. The zero-order valence-electron chi connectivity index (χ0n) is 9.32. The number of aromatic nitrogens is 1. The van der Waals surface area contributed by atoms with E-state index in [0.717, 1.165) is 18.0 Å². The molecule has 1 aliphatic carbocycles. The van der Waals surface area contributed by atoms with E-state index >= 15 is 0 Å². The van der Waals surface area contributed by atoms with Crippen LogP contribution in [0.2, 0.25) is 0 Å². The molecule has 0 unspecified atom stereocenters. The Hall–Kier alpha value is -1.41. The van der Waals surface area contributed by atoms with Crippen LogP contribution in [0, 0.1) is 5.92 Å². The molecule has 0 saturated carbocycles. The predicted molar refractivity (Wildman–Crippen MR) is 66.8 cm³/mol. The standard InChI is InChI=1S/C14H16N2/c1-2-10-7-12(9-15-8-10)13-4-3-11-5-6-16-14(11)13/h2,4,7-9,11,14,16H,1,3,5-6H2/t11-,14+/m1/s1. The van der Waals surface area contributed by atoms with Crippen LogP contribution in [0.15, 0.2) is 31.1 Å². The van der Waals surface area contributed by atoms with Gasteiger partial charge < -0.3 is 5.32 Å². The van der Waals surface area contributed by atoms with Crippen molar-refractivity contribution in [1.29, 1.82) is 0 Å². The molecule has 1 aromatic heterocycles. The molecule has 2 aliphatic rings. The van der Waals surface area contributed by atoms with Gasteiger partial charge in [-0.2, -0.15) is 0 Å². The van der Waals surface area contributed by atoms with Gasteiger partial charge in [-0.05, 0) is 48.1 Å². The highest BCUT2D eigenvalue weighted by molar-refractivity contribution is 5.73. The Balaban J connectivity index is 1.94. The Bertz CT molecular complexity index is 448. The smallest absolute Gasteiger partial charge is 0.0355 e. The largest absolute Gasteiger partial charge is 0.310 e. The summed E-state index contributed by atoms with van der Waals surface area (Å²) >= 11 is 0. The average Bonchev–Trinajstić information content (AvgIpc) is 2.90. The van der Waals surface area contributed by atoms with E-state index in [1.165, 1.54) is 24.0 Å². The molecule has 1 saturated heterocycles. The summed E-state index contributed by atoms with van der Waals surface area (Å²) < 4.78 is 0. The second-order valence-corrected chi connectivity index (χ2v) is 4.59. The monoisotopic (exact) mass is 212 g/mol. The van der Waals surface area contributed by atoms with Gasteiger partial charge in [-0.3, -0.25) is 4.98 Å². The molecule has 1 N–H and O–H groups in total. The maximum Gasteiger partial charge on any atom is 0.0355 e. The molecule has 1 fully saturated rings. The van der Waals surface area contributed by atoms with Gasteiger partial charge in [0.15, 0.2) is 0 Å². The summed E-state index contributed by atoms with van der Waals surface area (Å²) in [5.74, 6) is 0.808. The van der Waals surface area contributed by atoms with Crippen molar-refractivity contribution in [3.8, 4) is 0 Å². The Kier molecular flexibility index (Phi) is 2.37. The molecule has 2 atom stereocenters. The molecule has 2 heterocycles. The van der Waals surface area contributed by atoms with Crippen molar-refractivity contribution in [2.75, 3.05) is 6.54 Å². The van der Waals surface area contributed by atoms with E-state index in [1.807, 2.05) is 18.5 Å². The van der Waals surface area contributed by atoms with Gasteiger partial charge in [0.1, 0.15) is 0 Å². The highest BCUT2D eigenvalue weighted by atomic mass is 15.0. The molecule has 0 amide bonds. The minimum absolute atomic E-state index is 0.557. The topological polar surface area (TPSA) is 24.9 Å². The highest BCUT2D eigenvalue weighted by Crippen LogP contribution is 2.37. The van der Waals surface area contributed by atoms with E-state index in [1.54, 1.807) is 0 Å². The predicted octanol–water partition coefficient (Wildman–Crippen LogP) is 2.49. The molecule has 1 aliphatic heterocycles. The van der Waals surface area contributed by atoms with Crippen LogP contribution in [-0.4, -0.2) is 17.6 Å². The van der Waals surface area contributed by atoms with Crippen molar-refractivity contribution in [2.24, 2.45) is 5.92 Å². The van der Waals surface area contributed by atoms with E-state index in [-0.39, 0.29) is 0 Å². The molecule has 16 heavy (non-hydrogen) atoms. The minimum Gasteiger partial charge on any atom is -0.310 e. The van der Waals surface area contributed by atoms with Crippen molar-refractivity contribution in [3.05, 3.63) is 42.2 Å². The van der Waals surface area contributed by atoms with Crippen LogP contribution in [0.25, 0.3) is 11.6 Å². The molecule has 82 valence electrons. The molecule has 3 rings (SSSR count). The lowest BCUT2D eigenvalue weighted by atomic mass is 9.96. The molecule has 1 aromatic rings. The van der Waals surface area contributed by atoms with E-state index in [4.69, 9.17) is 0 Å². The number of rotatable bonds is 2. The third-order valence-corrected chi connectivity index (χ3v) is 3.65. The van der Waals surface area contributed by atoms with Crippen molar-refractivity contribution in [1.82, 2.24) is 10.3 Å². The third-order valence-electron chi connectivity index (χ3n) is 3.65. The number of fused-ring (bicyclic) bond motifs is 1. The maximum atomic E-state index is 4.27. The van der Waals surface area contributed by atoms with Gasteiger partial charge in [-0.15, -0.1) is 0 Å². The van der Waals surface area contributed by atoms with E-state index in [2.05, 4.69) is 29.0 Å². The summed E-state index contributed by atoms with van der Waals surface area (Å²) in [4.78, 5) is 4.27. The van der Waals surface area contributed by atoms with E-state index in [0.29, 0.717) is 6.04 Å². The molecule has 2 heteroatoms. The number of nitrogens with one attached hydrogen (secondary N) is 1. The Morgan fingerprint density at radius 2 is 2.38 bits per heavy atom. The summed E-state index contributed by atoms with van der Waals surface area (Å²) in [6, 6.07) is 2.73. The molecule has 2 nitrogen and oxygen atoms in total. The van der Waals surface area contributed by atoms with Crippen LogP contribution in [0.4, 0.5) is 0 Å². The van der Waals surface area contributed by atoms with Gasteiger partial charge in [0, 0.05) is 18.4 Å². The molecule has 0 radical (unpaired) electrons. The fourth-order valence-electron chi connectivity index (χ4n) is 2.81. The lowest BCUT2D eigenvalue weighted by molar-refractivity contribution is 0.557. The number of hydrogen-bond donors (Lipinski definition) is 1. The van der Waals surface area contributed by atoms with Crippen molar-refractivity contribution in [2.45, 2.75) is 18.9 Å². The van der Waals surface area contributed by atoms with E-state index < -0.39 is 0 Å². The first-order valence-electron chi connectivity index (χ1n) is 5.90. The van der Waals surface area contributed by atoms with Crippen LogP contribution in [0.3, 0.4) is 0 Å². The Morgan fingerprint density at radius 1 is 1.44 bits per heavy atom. The van der Waals surface area contributed by atoms with Crippen molar-refractivity contribution >= 4 is 11.6 Å². The fourth-order valence-corrected chi connectivity index (χ4v) is 2.81. The van der Waals surface area contributed by atoms with Crippen LogP contribution >= 0.6 is 0 Å². The minimum atomic E-state index is 0.557. The third kappa shape index (κ3) is 1.50. The second kappa shape index (κ2) is 3.87. The number of hydrogen-bond acceptors (Lipinski definition) is 2. The van der Waals surface area contributed by atoms with Gasteiger partial charge in [0.25, 0.3) is 0 Å². The first kappa shape index (κ1) is 9.79. The normalized spacial score (nSPS) is 27.6. The zero-order chi connectivity index (χ0) is 11.0. The maximum absolute atomic E-state index is 4.27. The summed E-state index contributed by atoms with van der Waals surface area (Å²) in [7, 11) is 0. The van der Waals surface area contributed by atoms with Crippen LogP contribution in [0.5, 0.6) is 0 Å². The lowest BCUT2D eigenvalue weighted by Crippen LogP contribution is -2.24. The Morgan fingerprint density at radius 3 is 3.25 bits per heavy atom. The van der Waals surface area contributed by atoms with Crippen LogP contribution < -0.4 is 5.32 Å². The van der Waals surface area contributed by atoms with Gasteiger partial charge in [-0.1, -0.05) is 18.7 Å². The fraction of sp³-hybridized carbons (Fsp3) is 0.357. The molecule has 0 aromatic carbocycles. The zero-order valence-corrected chi connectivity index (χ0v) is 9.32. The second-order valence-electron chi connectivity index (χ2n) is 4.59.